The van der Waals surface area contributed by atoms with Gasteiger partial charge >= 0.3 is 0 Å². The first-order valence-corrected chi connectivity index (χ1v) is 6.16. The van der Waals surface area contributed by atoms with Gasteiger partial charge in [-0.15, -0.1) is 0 Å². The van der Waals surface area contributed by atoms with Gasteiger partial charge in [0.2, 0.25) is 0 Å². The quantitative estimate of drug-likeness (QED) is 0.812. The number of nitrogens with one attached hydrogen (secondary N) is 1. The third kappa shape index (κ3) is 3.04. The first-order chi connectivity index (χ1) is 8.56. The Morgan fingerprint density at radius 2 is 1.83 bits per heavy atom. The summed E-state index contributed by atoms with van der Waals surface area (Å²) >= 11 is 2.12. The maximum atomic E-state index is 13.0. The lowest BCUT2D eigenvalue weighted by Gasteiger charge is -2.05. The topological polar surface area (TPSA) is 29.1 Å². The summed E-state index contributed by atoms with van der Waals surface area (Å²) in [5.41, 5.74) is 0.685. The number of anilines is 1. The van der Waals surface area contributed by atoms with E-state index < -0.39 is 17.5 Å². The highest BCUT2D eigenvalue weighted by Crippen LogP contribution is 2.15. The minimum Gasteiger partial charge on any atom is -0.322 e. The first kappa shape index (κ1) is 12.9. The molecule has 2 rings (SSSR count). The number of amides is 1. The average molecular weight is 359 g/mol. The molecule has 0 saturated heterocycles. The molecule has 2 nitrogen and oxygen atoms in total. The molecule has 2 aromatic carbocycles. The fourth-order valence-electron chi connectivity index (χ4n) is 1.41. The van der Waals surface area contributed by atoms with E-state index in [0.717, 1.165) is 15.7 Å². The summed E-state index contributed by atoms with van der Waals surface area (Å²) in [5.74, 6) is -2.48. The Balaban J connectivity index is 2.19. The number of halogens is 3. The molecule has 0 bridgehead atoms. The van der Waals surface area contributed by atoms with Crippen LogP contribution in [0.2, 0.25) is 0 Å². The van der Waals surface area contributed by atoms with Crippen LogP contribution in [-0.4, -0.2) is 5.91 Å². The molecule has 0 aliphatic heterocycles. The highest BCUT2D eigenvalue weighted by Gasteiger charge is 2.09. The lowest BCUT2D eigenvalue weighted by atomic mass is 10.2. The molecule has 0 aliphatic carbocycles. The zero-order valence-corrected chi connectivity index (χ0v) is 11.2. The highest BCUT2D eigenvalue weighted by atomic mass is 127. The molecular formula is C13H8F2INO. The van der Waals surface area contributed by atoms with Gasteiger partial charge in [-0.3, -0.25) is 4.79 Å². The highest BCUT2D eigenvalue weighted by molar-refractivity contribution is 14.1. The van der Waals surface area contributed by atoms with Crippen molar-refractivity contribution in [2.75, 3.05) is 5.32 Å². The molecule has 18 heavy (non-hydrogen) atoms. The molecule has 1 amide bonds. The lowest BCUT2D eigenvalue weighted by molar-refractivity contribution is 0.102. The fraction of sp³-hybridized carbons (Fsp3) is 0. The molecule has 0 saturated carbocycles. The summed E-state index contributed by atoms with van der Waals surface area (Å²) in [4.78, 5) is 11.8. The van der Waals surface area contributed by atoms with E-state index in [1.165, 1.54) is 6.07 Å². The molecule has 0 spiro atoms. The Morgan fingerprint density at radius 1 is 1.06 bits per heavy atom. The summed E-state index contributed by atoms with van der Waals surface area (Å²) in [6, 6.07) is 10.2. The van der Waals surface area contributed by atoms with Gasteiger partial charge in [-0.25, -0.2) is 8.78 Å². The fourth-order valence-corrected chi connectivity index (χ4v) is 1.95. The summed E-state index contributed by atoms with van der Waals surface area (Å²) in [7, 11) is 0. The Labute approximate surface area is 116 Å². The van der Waals surface area contributed by atoms with E-state index in [2.05, 4.69) is 27.9 Å². The predicted molar refractivity (Wildman–Crippen MR) is 73.5 cm³/mol. The molecule has 0 unspecified atom stereocenters. The summed E-state index contributed by atoms with van der Waals surface area (Å²) in [6.45, 7) is 0. The van der Waals surface area contributed by atoms with Crippen LogP contribution in [0.3, 0.4) is 0 Å². The third-order valence-corrected chi connectivity index (χ3v) is 2.94. The van der Waals surface area contributed by atoms with Crippen molar-refractivity contribution in [2.45, 2.75) is 0 Å². The lowest BCUT2D eigenvalue weighted by Crippen LogP contribution is -2.12. The van der Waals surface area contributed by atoms with Crippen LogP contribution in [0.25, 0.3) is 0 Å². The van der Waals surface area contributed by atoms with Crippen LogP contribution in [-0.2, 0) is 0 Å². The van der Waals surface area contributed by atoms with E-state index in [9.17, 15) is 13.6 Å². The SMILES string of the molecule is O=C(Nc1cccc(I)c1)c1ccc(F)c(F)c1. The van der Waals surface area contributed by atoms with Gasteiger partial charge in [0.25, 0.3) is 5.91 Å². The van der Waals surface area contributed by atoms with E-state index in [1.54, 1.807) is 18.2 Å². The Kier molecular flexibility index (Phi) is 3.90. The Hall–Kier alpha value is -1.50. The molecule has 0 radical (unpaired) electrons. The average Bonchev–Trinajstić information content (AvgIpc) is 2.32. The standard InChI is InChI=1S/C13H8F2INO/c14-11-5-4-8(6-12(11)15)13(18)17-10-3-1-2-9(16)7-10/h1-7H,(H,17,18). The zero-order chi connectivity index (χ0) is 13.1. The normalized spacial score (nSPS) is 10.2. The molecule has 92 valence electrons. The van der Waals surface area contributed by atoms with E-state index in [0.29, 0.717) is 5.69 Å². The number of rotatable bonds is 2. The smallest absolute Gasteiger partial charge is 0.255 e. The van der Waals surface area contributed by atoms with Gasteiger partial charge in [-0.2, -0.15) is 0 Å². The van der Waals surface area contributed by atoms with Gasteiger partial charge in [-0.1, -0.05) is 6.07 Å². The van der Waals surface area contributed by atoms with Gasteiger partial charge in [0.1, 0.15) is 0 Å². The van der Waals surface area contributed by atoms with Gasteiger partial charge in [0, 0.05) is 14.8 Å². The van der Waals surface area contributed by atoms with Crippen molar-refractivity contribution in [3.63, 3.8) is 0 Å². The molecule has 1 N–H and O–H groups in total. The number of hydrogen-bond donors (Lipinski definition) is 1. The van der Waals surface area contributed by atoms with Crippen molar-refractivity contribution in [3.05, 3.63) is 63.2 Å². The van der Waals surface area contributed by atoms with Crippen molar-refractivity contribution < 1.29 is 13.6 Å². The number of benzene rings is 2. The van der Waals surface area contributed by atoms with Crippen LogP contribution < -0.4 is 5.32 Å². The van der Waals surface area contributed by atoms with Crippen LogP contribution in [0, 0.1) is 15.2 Å². The van der Waals surface area contributed by atoms with Crippen molar-refractivity contribution in [2.24, 2.45) is 0 Å². The molecule has 2 aromatic rings. The monoisotopic (exact) mass is 359 g/mol. The van der Waals surface area contributed by atoms with Crippen molar-refractivity contribution >= 4 is 34.2 Å². The van der Waals surface area contributed by atoms with E-state index in [4.69, 9.17) is 0 Å². The summed E-state index contributed by atoms with van der Waals surface area (Å²) < 4.78 is 26.7. The molecular weight excluding hydrogens is 351 g/mol. The van der Waals surface area contributed by atoms with Gasteiger partial charge in [-0.05, 0) is 59.0 Å². The van der Waals surface area contributed by atoms with Gasteiger partial charge in [0.05, 0.1) is 0 Å². The van der Waals surface area contributed by atoms with Crippen LogP contribution >= 0.6 is 22.6 Å². The maximum absolute atomic E-state index is 13.0. The zero-order valence-electron chi connectivity index (χ0n) is 9.08. The second kappa shape index (κ2) is 5.43. The van der Waals surface area contributed by atoms with Crippen molar-refractivity contribution in [1.29, 1.82) is 0 Å². The Morgan fingerprint density at radius 3 is 2.50 bits per heavy atom. The number of hydrogen-bond acceptors (Lipinski definition) is 1. The van der Waals surface area contributed by atoms with E-state index in [-0.39, 0.29) is 5.56 Å². The maximum Gasteiger partial charge on any atom is 0.255 e. The number of carbonyl (C=O) groups is 1. The van der Waals surface area contributed by atoms with Gasteiger partial charge < -0.3 is 5.32 Å². The second-order valence-corrected chi connectivity index (χ2v) is 4.84. The largest absolute Gasteiger partial charge is 0.322 e. The summed E-state index contributed by atoms with van der Waals surface area (Å²) in [6.07, 6.45) is 0. The first-order valence-electron chi connectivity index (χ1n) is 5.08. The molecule has 0 aliphatic rings. The minimum absolute atomic E-state index is 0.0766. The predicted octanol–water partition coefficient (Wildman–Crippen LogP) is 3.82. The van der Waals surface area contributed by atoms with E-state index >= 15 is 0 Å². The molecule has 0 aromatic heterocycles. The number of carbonyl (C=O) groups excluding carboxylic acids is 1. The molecule has 0 atom stereocenters. The van der Waals surface area contributed by atoms with Gasteiger partial charge in [0.15, 0.2) is 11.6 Å². The van der Waals surface area contributed by atoms with Crippen molar-refractivity contribution in [3.8, 4) is 0 Å². The third-order valence-electron chi connectivity index (χ3n) is 2.26. The summed E-state index contributed by atoms with van der Waals surface area (Å²) in [5, 5.41) is 2.61. The van der Waals surface area contributed by atoms with Crippen molar-refractivity contribution in [1.82, 2.24) is 0 Å². The van der Waals surface area contributed by atoms with Crippen LogP contribution in [0.1, 0.15) is 10.4 Å². The van der Waals surface area contributed by atoms with Crippen LogP contribution in [0.15, 0.2) is 42.5 Å². The van der Waals surface area contributed by atoms with Crippen LogP contribution in [0.5, 0.6) is 0 Å². The van der Waals surface area contributed by atoms with E-state index in [1.807, 2.05) is 6.07 Å². The molecule has 0 heterocycles. The van der Waals surface area contributed by atoms with Crippen LogP contribution in [0.4, 0.5) is 14.5 Å². The molecule has 0 fully saturated rings. The Bertz CT molecular complexity index is 601. The second-order valence-electron chi connectivity index (χ2n) is 3.59. The molecule has 5 heteroatoms. The minimum atomic E-state index is -1.04.